The van der Waals surface area contributed by atoms with Gasteiger partial charge in [-0.15, -0.1) is 0 Å². The summed E-state index contributed by atoms with van der Waals surface area (Å²) in [5.74, 6) is 0.427. The third-order valence-electron chi connectivity index (χ3n) is 4.49. The minimum Gasteiger partial charge on any atom is -0.352 e. The number of amides is 3. The molecule has 1 atom stereocenters. The Kier molecular flexibility index (Phi) is 5.88. The van der Waals surface area contributed by atoms with Crippen LogP contribution in [0.5, 0.6) is 0 Å². The van der Waals surface area contributed by atoms with E-state index in [1.54, 1.807) is 24.4 Å². The van der Waals surface area contributed by atoms with Crippen molar-refractivity contribution in [3.63, 3.8) is 0 Å². The van der Waals surface area contributed by atoms with E-state index in [1.165, 1.54) is 0 Å². The van der Waals surface area contributed by atoms with E-state index in [4.69, 9.17) is 0 Å². The number of nitrogens with one attached hydrogen (secondary N) is 3. The summed E-state index contributed by atoms with van der Waals surface area (Å²) in [4.78, 5) is 33.4. The van der Waals surface area contributed by atoms with Gasteiger partial charge in [-0.2, -0.15) is 0 Å². The van der Waals surface area contributed by atoms with Crippen LogP contribution < -0.4 is 16.0 Å². The van der Waals surface area contributed by atoms with E-state index in [-0.39, 0.29) is 18.0 Å². The molecule has 0 fully saturated rings. The summed E-state index contributed by atoms with van der Waals surface area (Å²) < 4.78 is 1.82. The molecule has 0 saturated carbocycles. The van der Waals surface area contributed by atoms with Crippen molar-refractivity contribution in [1.29, 1.82) is 0 Å². The molecule has 0 aliphatic rings. The quantitative estimate of drug-likeness (QED) is 0.612. The molecule has 3 rings (SSSR count). The first-order valence-electron chi connectivity index (χ1n) is 9.28. The van der Waals surface area contributed by atoms with Crippen LogP contribution in [0, 0.1) is 6.92 Å². The number of fused-ring (bicyclic) bond motifs is 1. The topological polar surface area (TPSA) is 100 Å². The third kappa shape index (κ3) is 4.11. The van der Waals surface area contributed by atoms with Gasteiger partial charge in [0.15, 0.2) is 0 Å². The minimum atomic E-state index is -0.354. The minimum absolute atomic E-state index is 0.160. The monoisotopic (exact) mass is 380 g/mol. The van der Waals surface area contributed by atoms with Crippen LogP contribution in [0.3, 0.4) is 0 Å². The third-order valence-corrected chi connectivity index (χ3v) is 4.49. The standard InChI is InChI=1S/C20H24N6O2/c1-4-15(17-12-26-11-7-10-22-19(26)23-17)24-20(28)25-16-9-6-8-14(13(16)3)18(27)21-5-2/h6-12,15H,4-5H2,1-3H3,(H,21,27)(H2,24,25,28). The Balaban J connectivity index is 1.74. The summed E-state index contributed by atoms with van der Waals surface area (Å²) in [6.07, 6.45) is 6.08. The van der Waals surface area contributed by atoms with E-state index >= 15 is 0 Å². The molecule has 8 nitrogen and oxygen atoms in total. The van der Waals surface area contributed by atoms with Gasteiger partial charge in [-0.25, -0.2) is 14.8 Å². The van der Waals surface area contributed by atoms with Gasteiger partial charge in [-0.3, -0.25) is 9.20 Å². The summed E-state index contributed by atoms with van der Waals surface area (Å²) in [6.45, 7) is 6.19. The van der Waals surface area contributed by atoms with Crippen molar-refractivity contribution < 1.29 is 9.59 Å². The van der Waals surface area contributed by atoms with Crippen LogP contribution in [0.2, 0.25) is 0 Å². The Bertz CT molecular complexity index is 964. The molecule has 3 amide bonds. The second-order valence-corrected chi connectivity index (χ2v) is 6.39. The van der Waals surface area contributed by atoms with Crippen molar-refractivity contribution in [3.05, 3.63) is 59.7 Å². The Labute approximate surface area is 163 Å². The number of anilines is 1. The number of benzene rings is 1. The number of hydrogen-bond acceptors (Lipinski definition) is 4. The largest absolute Gasteiger partial charge is 0.352 e. The van der Waals surface area contributed by atoms with Crippen molar-refractivity contribution in [2.75, 3.05) is 11.9 Å². The molecule has 28 heavy (non-hydrogen) atoms. The molecule has 0 saturated heterocycles. The number of aromatic nitrogens is 3. The second-order valence-electron chi connectivity index (χ2n) is 6.39. The van der Waals surface area contributed by atoms with E-state index in [1.807, 2.05) is 43.6 Å². The zero-order chi connectivity index (χ0) is 20.1. The lowest BCUT2D eigenvalue weighted by molar-refractivity contribution is 0.0955. The lowest BCUT2D eigenvalue weighted by atomic mass is 10.1. The molecule has 0 aliphatic carbocycles. The van der Waals surface area contributed by atoms with Crippen LogP contribution in [0.4, 0.5) is 10.5 Å². The second kappa shape index (κ2) is 8.51. The number of urea groups is 1. The average molecular weight is 380 g/mol. The van der Waals surface area contributed by atoms with Crippen LogP contribution in [0.15, 0.2) is 42.9 Å². The predicted octanol–water partition coefficient (Wildman–Crippen LogP) is 3.06. The molecule has 1 unspecified atom stereocenters. The van der Waals surface area contributed by atoms with Gasteiger partial charge in [0.05, 0.1) is 11.7 Å². The Morgan fingerprint density at radius 1 is 1.21 bits per heavy atom. The molecular weight excluding hydrogens is 356 g/mol. The molecule has 8 heteroatoms. The Morgan fingerprint density at radius 3 is 2.75 bits per heavy atom. The molecule has 0 spiro atoms. The van der Waals surface area contributed by atoms with Gasteiger partial charge >= 0.3 is 6.03 Å². The molecular formula is C20H24N6O2. The summed E-state index contributed by atoms with van der Waals surface area (Å²) in [7, 11) is 0. The molecule has 2 heterocycles. The van der Waals surface area contributed by atoms with Crippen LogP contribution in [-0.2, 0) is 0 Å². The summed E-state index contributed by atoms with van der Waals surface area (Å²) in [5, 5.41) is 8.55. The maximum atomic E-state index is 12.6. The molecule has 146 valence electrons. The zero-order valence-electron chi connectivity index (χ0n) is 16.2. The number of hydrogen-bond donors (Lipinski definition) is 3. The lowest BCUT2D eigenvalue weighted by Gasteiger charge is -2.17. The van der Waals surface area contributed by atoms with Gasteiger partial charge < -0.3 is 16.0 Å². The number of imidazole rings is 1. The first-order chi connectivity index (χ1) is 13.5. The highest BCUT2D eigenvalue weighted by atomic mass is 16.2. The highest BCUT2D eigenvalue weighted by Gasteiger charge is 2.18. The fraction of sp³-hybridized carbons (Fsp3) is 0.300. The normalized spacial score (nSPS) is 11.8. The highest BCUT2D eigenvalue weighted by molar-refractivity contribution is 5.99. The molecule has 0 radical (unpaired) electrons. The molecule has 0 aliphatic heterocycles. The van der Waals surface area contributed by atoms with Crippen molar-refractivity contribution in [3.8, 4) is 0 Å². The average Bonchev–Trinajstić information content (AvgIpc) is 3.12. The van der Waals surface area contributed by atoms with E-state index in [0.29, 0.717) is 35.6 Å². The first kappa shape index (κ1) is 19.3. The number of carbonyl (C=O) groups excluding carboxylic acids is 2. The van der Waals surface area contributed by atoms with E-state index in [2.05, 4.69) is 25.9 Å². The fourth-order valence-electron chi connectivity index (χ4n) is 2.99. The maximum Gasteiger partial charge on any atom is 0.319 e. The van der Waals surface area contributed by atoms with Gasteiger partial charge in [-0.1, -0.05) is 13.0 Å². The lowest BCUT2D eigenvalue weighted by Crippen LogP contribution is -2.33. The van der Waals surface area contributed by atoms with E-state index < -0.39 is 0 Å². The maximum absolute atomic E-state index is 12.6. The van der Waals surface area contributed by atoms with E-state index in [0.717, 1.165) is 5.69 Å². The van der Waals surface area contributed by atoms with Crippen LogP contribution in [-0.4, -0.2) is 32.9 Å². The van der Waals surface area contributed by atoms with Crippen molar-refractivity contribution in [1.82, 2.24) is 25.0 Å². The number of nitrogens with zero attached hydrogens (tertiary/aromatic N) is 3. The summed E-state index contributed by atoms with van der Waals surface area (Å²) in [6, 6.07) is 6.47. The summed E-state index contributed by atoms with van der Waals surface area (Å²) in [5.41, 5.74) is 2.59. The van der Waals surface area contributed by atoms with Crippen molar-refractivity contribution in [2.24, 2.45) is 0 Å². The van der Waals surface area contributed by atoms with Crippen molar-refractivity contribution >= 4 is 23.4 Å². The van der Waals surface area contributed by atoms with Gasteiger partial charge in [-0.05, 0) is 44.0 Å². The smallest absolute Gasteiger partial charge is 0.319 e. The SMILES string of the molecule is CCNC(=O)c1cccc(NC(=O)NC(CC)c2cn3cccnc3n2)c1C. The van der Waals surface area contributed by atoms with Gasteiger partial charge in [0.1, 0.15) is 0 Å². The van der Waals surface area contributed by atoms with Crippen LogP contribution in [0.25, 0.3) is 5.78 Å². The Morgan fingerprint density at radius 2 is 2.04 bits per heavy atom. The molecule has 3 N–H and O–H groups in total. The summed E-state index contributed by atoms with van der Waals surface area (Å²) >= 11 is 0. The predicted molar refractivity (Wildman–Crippen MR) is 107 cm³/mol. The Hall–Kier alpha value is -3.42. The number of rotatable bonds is 6. The van der Waals surface area contributed by atoms with Crippen LogP contribution in [0.1, 0.15) is 47.9 Å². The van der Waals surface area contributed by atoms with Crippen LogP contribution >= 0.6 is 0 Å². The molecule has 1 aromatic carbocycles. The molecule has 0 bridgehead atoms. The van der Waals surface area contributed by atoms with Gasteiger partial charge in [0.2, 0.25) is 5.78 Å². The molecule has 2 aromatic heterocycles. The van der Waals surface area contributed by atoms with E-state index in [9.17, 15) is 9.59 Å². The van der Waals surface area contributed by atoms with Gasteiger partial charge in [0.25, 0.3) is 5.91 Å². The number of carbonyl (C=O) groups is 2. The van der Waals surface area contributed by atoms with Gasteiger partial charge in [0, 0.05) is 36.4 Å². The molecule has 3 aromatic rings. The zero-order valence-corrected chi connectivity index (χ0v) is 16.2. The fourth-order valence-corrected chi connectivity index (χ4v) is 2.99. The van der Waals surface area contributed by atoms with Crippen molar-refractivity contribution in [2.45, 2.75) is 33.2 Å². The highest BCUT2D eigenvalue weighted by Crippen LogP contribution is 2.20. The first-order valence-corrected chi connectivity index (χ1v) is 9.28.